The van der Waals surface area contributed by atoms with E-state index < -0.39 is 0 Å². The summed E-state index contributed by atoms with van der Waals surface area (Å²) in [6, 6.07) is 7.81. The molecule has 1 aromatic carbocycles. The van der Waals surface area contributed by atoms with E-state index in [0.29, 0.717) is 18.0 Å². The maximum atomic E-state index is 13.6. The molecule has 2 heterocycles. The summed E-state index contributed by atoms with van der Waals surface area (Å²) in [5.74, 6) is 0.0590. The van der Waals surface area contributed by atoms with Crippen LogP contribution in [0.15, 0.2) is 41.3 Å². The van der Waals surface area contributed by atoms with Gasteiger partial charge in [0.1, 0.15) is 5.82 Å². The summed E-state index contributed by atoms with van der Waals surface area (Å²) in [5.41, 5.74) is 1.11. The standard InChI is InChI=1S/C20H23ClFN3O2/c21-17-5-4-16(12-18(17)22)25-10-7-14(8-11-25)2-1-9-23-20(27)15-3-6-19(26)24-13-15/h3-6,12-14H,1-2,7-11H2,(H,23,27)(H,24,26). The largest absolute Gasteiger partial charge is 0.371 e. The van der Waals surface area contributed by atoms with Gasteiger partial charge in [-0.1, -0.05) is 11.6 Å². The summed E-state index contributed by atoms with van der Waals surface area (Å²) < 4.78 is 13.6. The molecule has 0 bridgehead atoms. The molecule has 5 nitrogen and oxygen atoms in total. The number of rotatable bonds is 6. The highest BCUT2D eigenvalue weighted by Crippen LogP contribution is 2.28. The van der Waals surface area contributed by atoms with E-state index in [2.05, 4.69) is 15.2 Å². The Labute approximate surface area is 162 Å². The molecule has 0 spiro atoms. The molecule has 27 heavy (non-hydrogen) atoms. The van der Waals surface area contributed by atoms with Crippen LogP contribution in [0.2, 0.25) is 5.02 Å². The average molecular weight is 392 g/mol. The smallest absolute Gasteiger partial charge is 0.252 e. The third kappa shape index (κ3) is 5.32. The lowest BCUT2D eigenvalue weighted by atomic mass is 9.92. The molecule has 1 saturated heterocycles. The Hall–Kier alpha value is -2.34. The first kappa shape index (κ1) is 19.4. The topological polar surface area (TPSA) is 65.2 Å². The summed E-state index contributed by atoms with van der Waals surface area (Å²) in [7, 11) is 0. The summed E-state index contributed by atoms with van der Waals surface area (Å²) in [6.07, 6.45) is 5.49. The lowest BCUT2D eigenvalue weighted by Crippen LogP contribution is -2.34. The van der Waals surface area contributed by atoms with Gasteiger partial charge in [-0.05, 0) is 55.9 Å². The Morgan fingerprint density at radius 3 is 2.70 bits per heavy atom. The van der Waals surface area contributed by atoms with Gasteiger partial charge >= 0.3 is 0 Å². The second-order valence-electron chi connectivity index (χ2n) is 6.87. The van der Waals surface area contributed by atoms with Gasteiger partial charge in [0.05, 0.1) is 10.6 Å². The molecule has 7 heteroatoms. The fourth-order valence-corrected chi connectivity index (χ4v) is 3.53. The third-order valence-corrected chi connectivity index (χ3v) is 5.31. The first-order chi connectivity index (χ1) is 13.0. The predicted molar refractivity (Wildman–Crippen MR) is 105 cm³/mol. The van der Waals surface area contributed by atoms with Gasteiger partial charge in [0, 0.05) is 37.6 Å². The molecule has 1 aromatic heterocycles. The molecular weight excluding hydrogens is 369 g/mol. The number of aromatic amines is 1. The molecule has 0 aliphatic carbocycles. The number of benzene rings is 1. The van der Waals surface area contributed by atoms with Gasteiger partial charge in [0.25, 0.3) is 5.91 Å². The SMILES string of the molecule is O=C(NCCCC1CCN(c2ccc(Cl)c(F)c2)CC1)c1ccc(=O)[nH]c1. The zero-order valence-electron chi connectivity index (χ0n) is 15.0. The fourth-order valence-electron chi connectivity index (χ4n) is 3.41. The highest BCUT2D eigenvalue weighted by Gasteiger charge is 2.20. The van der Waals surface area contributed by atoms with Crippen molar-refractivity contribution in [1.82, 2.24) is 10.3 Å². The normalized spacial score (nSPS) is 15.0. The predicted octanol–water partition coefficient (Wildman–Crippen LogP) is 3.59. The zero-order valence-corrected chi connectivity index (χ0v) is 15.8. The first-order valence-corrected chi connectivity index (χ1v) is 9.57. The fraction of sp³-hybridized carbons (Fsp3) is 0.400. The molecule has 0 saturated carbocycles. The summed E-state index contributed by atoms with van der Waals surface area (Å²) in [6.45, 7) is 2.41. The number of hydrogen-bond donors (Lipinski definition) is 2. The number of H-pyrrole nitrogens is 1. The Balaban J connectivity index is 1.37. The lowest BCUT2D eigenvalue weighted by molar-refractivity contribution is 0.0952. The summed E-state index contributed by atoms with van der Waals surface area (Å²) in [5, 5.41) is 3.03. The van der Waals surface area contributed by atoms with Crippen LogP contribution in [0.25, 0.3) is 0 Å². The molecule has 0 unspecified atom stereocenters. The van der Waals surface area contributed by atoms with Crippen LogP contribution in [0.3, 0.4) is 0 Å². The molecule has 1 aliphatic heterocycles. The van der Waals surface area contributed by atoms with Gasteiger partial charge in [-0.15, -0.1) is 0 Å². The summed E-state index contributed by atoms with van der Waals surface area (Å²) >= 11 is 5.74. The van der Waals surface area contributed by atoms with E-state index in [-0.39, 0.29) is 22.3 Å². The molecular formula is C20H23ClFN3O2. The van der Waals surface area contributed by atoms with Crippen LogP contribution >= 0.6 is 11.6 Å². The van der Waals surface area contributed by atoms with Crippen molar-refractivity contribution >= 4 is 23.2 Å². The first-order valence-electron chi connectivity index (χ1n) is 9.20. The number of anilines is 1. The molecule has 3 rings (SSSR count). The molecule has 2 aromatic rings. The number of carbonyl (C=O) groups is 1. The van der Waals surface area contributed by atoms with Crippen molar-refractivity contribution in [2.75, 3.05) is 24.5 Å². The van der Waals surface area contributed by atoms with Crippen LogP contribution in [0.1, 0.15) is 36.0 Å². The number of hydrogen-bond acceptors (Lipinski definition) is 3. The number of nitrogens with one attached hydrogen (secondary N) is 2. The van der Waals surface area contributed by atoms with E-state index in [0.717, 1.165) is 44.5 Å². The number of piperidine rings is 1. The van der Waals surface area contributed by atoms with Crippen molar-refractivity contribution in [2.24, 2.45) is 5.92 Å². The van der Waals surface area contributed by atoms with Gasteiger partial charge in [-0.2, -0.15) is 0 Å². The monoisotopic (exact) mass is 391 g/mol. The van der Waals surface area contributed by atoms with Crippen LogP contribution < -0.4 is 15.8 Å². The van der Waals surface area contributed by atoms with Crippen molar-refractivity contribution < 1.29 is 9.18 Å². The quantitative estimate of drug-likeness (QED) is 0.739. The Morgan fingerprint density at radius 1 is 1.26 bits per heavy atom. The van der Waals surface area contributed by atoms with Gasteiger partial charge in [0.15, 0.2) is 0 Å². The van der Waals surface area contributed by atoms with Gasteiger partial charge in [-0.3, -0.25) is 9.59 Å². The average Bonchev–Trinajstić information content (AvgIpc) is 2.68. The maximum Gasteiger partial charge on any atom is 0.252 e. The number of carbonyl (C=O) groups excluding carboxylic acids is 1. The van der Waals surface area contributed by atoms with E-state index in [1.807, 2.05) is 6.07 Å². The lowest BCUT2D eigenvalue weighted by Gasteiger charge is -2.33. The number of nitrogens with zero attached hydrogens (tertiary/aromatic N) is 1. The minimum Gasteiger partial charge on any atom is -0.371 e. The number of amides is 1. The van der Waals surface area contributed by atoms with Gasteiger partial charge in [0.2, 0.25) is 5.56 Å². The van der Waals surface area contributed by atoms with E-state index in [9.17, 15) is 14.0 Å². The van der Waals surface area contributed by atoms with Crippen molar-refractivity contribution in [3.8, 4) is 0 Å². The maximum absolute atomic E-state index is 13.6. The highest BCUT2D eigenvalue weighted by atomic mass is 35.5. The summed E-state index contributed by atoms with van der Waals surface area (Å²) in [4.78, 5) is 27.7. The number of halogens is 2. The van der Waals surface area contributed by atoms with Crippen LogP contribution in [0.5, 0.6) is 0 Å². The molecule has 0 radical (unpaired) electrons. The highest BCUT2D eigenvalue weighted by molar-refractivity contribution is 6.30. The number of pyridine rings is 1. The number of aromatic nitrogens is 1. The van der Waals surface area contributed by atoms with E-state index in [1.165, 1.54) is 24.4 Å². The van der Waals surface area contributed by atoms with Crippen LogP contribution in [-0.4, -0.2) is 30.5 Å². The molecule has 2 N–H and O–H groups in total. The molecule has 1 amide bonds. The van der Waals surface area contributed by atoms with E-state index >= 15 is 0 Å². The molecule has 0 atom stereocenters. The van der Waals surface area contributed by atoms with Crippen molar-refractivity contribution in [2.45, 2.75) is 25.7 Å². The minimum absolute atomic E-state index is 0.151. The molecule has 144 valence electrons. The second-order valence-corrected chi connectivity index (χ2v) is 7.28. The van der Waals surface area contributed by atoms with Crippen LogP contribution in [0, 0.1) is 11.7 Å². The molecule has 1 aliphatic rings. The van der Waals surface area contributed by atoms with Crippen molar-refractivity contribution in [3.63, 3.8) is 0 Å². The second kappa shape index (κ2) is 9.04. The van der Waals surface area contributed by atoms with Gasteiger partial charge in [-0.25, -0.2) is 4.39 Å². The third-order valence-electron chi connectivity index (χ3n) is 5.00. The van der Waals surface area contributed by atoms with Crippen molar-refractivity contribution in [3.05, 3.63) is 63.3 Å². The minimum atomic E-state index is -0.380. The Morgan fingerprint density at radius 2 is 2.04 bits per heavy atom. The van der Waals surface area contributed by atoms with E-state index in [4.69, 9.17) is 11.6 Å². The van der Waals surface area contributed by atoms with Gasteiger partial charge < -0.3 is 15.2 Å². The van der Waals surface area contributed by atoms with Crippen molar-refractivity contribution in [1.29, 1.82) is 0 Å². The van der Waals surface area contributed by atoms with Crippen LogP contribution in [0.4, 0.5) is 10.1 Å². The molecule has 1 fully saturated rings. The van der Waals surface area contributed by atoms with Crippen LogP contribution in [-0.2, 0) is 0 Å². The Kier molecular flexibility index (Phi) is 6.50. The zero-order chi connectivity index (χ0) is 19.2. The Bertz CT molecular complexity index is 827. The van der Waals surface area contributed by atoms with E-state index in [1.54, 1.807) is 6.07 Å².